The summed E-state index contributed by atoms with van der Waals surface area (Å²) in [6.45, 7) is 9.14. The van der Waals surface area contributed by atoms with Crippen LogP contribution in [0.1, 0.15) is 40.0 Å². The summed E-state index contributed by atoms with van der Waals surface area (Å²) < 4.78 is 0. The van der Waals surface area contributed by atoms with Gasteiger partial charge in [0, 0.05) is 25.0 Å². The molecule has 0 bridgehead atoms. The molecule has 1 rings (SSSR count). The molecule has 1 fully saturated rings. The van der Waals surface area contributed by atoms with E-state index in [1.165, 1.54) is 0 Å². The first-order chi connectivity index (χ1) is 7.20. The predicted molar refractivity (Wildman–Crippen MR) is 62.7 cm³/mol. The lowest BCUT2D eigenvalue weighted by atomic mass is 10.0. The molecule has 0 aromatic rings. The van der Waals surface area contributed by atoms with Gasteiger partial charge in [-0.05, 0) is 26.3 Å². The molecule has 0 saturated carbocycles. The number of amides is 1. The number of nitrogens with zero attached hydrogens (tertiary/aromatic N) is 1. The highest BCUT2D eigenvalue weighted by molar-refractivity contribution is 5.78. The van der Waals surface area contributed by atoms with Crippen molar-refractivity contribution in [3.63, 3.8) is 0 Å². The number of carbonyl (C=O) groups excluding carboxylic acids is 1. The van der Waals surface area contributed by atoms with E-state index < -0.39 is 0 Å². The molecule has 0 aromatic carbocycles. The van der Waals surface area contributed by atoms with Gasteiger partial charge in [0.25, 0.3) is 0 Å². The largest absolute Gasteiger partial charge is 0.338 e. The second-order valence-electron chi connectivity index (χ2n) is 4.46. The predicted octanol–water partition coefficient (Wildman–Crippen LogP) is 1.63. The zero-order chi connectivity index (χ0) is 11.3. The first kappa shape index (κ1) is 12.5. The Morgan fingerprint density at radius 2 is 2.27 bits per heavy atom. The fraction of sp³-hybridized carbons (Fsp3) is 0.917. The Bertz CT molecular complexity index is 200. The van der Waals surface area contributed by atoms with E-state index in [-0.39, 0.29) is 5.92 Å². The van der Waals surface area contributed by atoms with Crippen molar-refractivity contribution in [2.45, 2.75) is 46.1 Å². The van der Waals surface area contributed by atoms with Crippen LogP contribution in [0.15, 0.2) is 0 Å². The van der Waals surface area contributed by atoms with Crippen molar-refractivity contribution < 1.29 is 4.79 Å². The van der Waals surface area contributed by atoms with E-state index in [1.54, 1.807) is 0 Å². The third kappa shape index (κ3) is 3.20. The third-order valence-electron chi connectivity index (χ3n) is 3.24. The molecule has 1 aliphatic heterocycles. The molecule has 0 aromatic heterocycles. The summed E-state index contributed by atoms with van der Waals surface area (Å²) in [6.07, 6.45) is 3.21. The van der Waals surface area contributed by atoms with Crippen LogP contribution in [-0.4, -0.2) is 36.5 Å². The molecule has 3 nitrogen and oxygen atoms in total. The van der Waals surface area contributed by atoms with Crippen molar-refractivity contribution in [2.24, 2.45) is 5.92 Å². The quantitative estimate of drug-likeness (QED) is 0.751. The number of rotatable bonds is 5. The molecule has 88 valence electrons. The Morgan fingerprint density at radius 1 is 1.53 bits per heavy atom. The minimum Gasteiger partial charge on any atom is -0.338 e. The summed E-state index contributed by atoms with van der Waals surface area (Å²) in [5.41, 5.74) is 0. The first-order valence-corrected chi connectivity index (χ1v) is 6.21. The van der Waals surface area contributed by atoms with E-state index in [0.717, 1.165) is 38.9 Å². The fourth-order valence-corrected chi connectivity index (χ4v) is 2.34. The molecule has 0 radical (unpaired) electrons. The molecule has 2 atom stereocenters. The smallest absolute Gasteiger partial charge is 0.225 e. The zero-order valence-corrected chi connectivity index (χ0v) is 10.3. The Kier molecular flexibility index (Phi) is 5.09. The van der Waals surface area contributed by atoms with E-state index in [9.17, 15) is 4.79 Å². The molecular formula is C12H24N2O. The average Bonchev–Trinajstić information content (AvgIpc) is 2.72. The molecule has 1 amide bonds. The van der Waals surface area contributed by atoms with Crippen LogP contribution in [0.5, 0.6) is 0 Å². The first-order valence-electron chi connectivity index (χ1n) is 6.21. The molecule has 3 heteroatoms. The van der Waals surface area contributed by atoms with Crippen molar-refractivity contribution in [3.8, 4) is 0 Å². The van der Waals surface area contributed by atoms with Crippen LogP contribution in [0.3, 0.4) is 0 Å². The summed E-state index contributed by atoms with van der Waals surface area (Å²) in [6, 6.07) is 0.432. The fourth-order valence-electron chi connectivity index (χ4n) is 2.34. The SMILES string of the molecule is CCCC(C)C(=O)N(CC)C1CCNC1. The Labute approximate surface area is 93.2 Å². The normalized spacial score (nSPS) is 22.7. The van der Waals surface area contributed by atoms with E-state index in [2.05, 4.69) is 31.0 Å². The Morgan fingerprint density at radius 3 is 2.73 bits per heavy atom. The lowest BCUT2D eigenvalue weighted by Crippen LogP contribution is -2.43. The van der Waals surface area contributed by atoms with Gasteiger partial charge in [0.1, 0.15) is 0 Å². The van der Waals surface area contributed by atoms with Crippen LogP contribution in [0, 0.1) is 5.92 Å². The molecular weight excluding hydrogens is 188 g/mol. The average molecular weight is 212 g/mol. The minimum absolute atomic E-state index is 0.190. The summed E-state index contributed by atoms with van der Waals surface area (Å²) in [7, 11) is 0. The molecule has 15 heavy (non-hydrogen) atoms. The maximum Gasteiger partial charge on any atom is 0.225 e. The van der Waals surface area contributed by atoms with E-state index in [0.29, 0.717) is 11.9 Å². The van der Waals surface area contributed by atoms with Crippen molar-refractivity contribution in [1.29, 1.82) is 0 Å². The van der Waals surface area contributed by atoms with Gasteiger partial charge in [0.15, 0.2) is 0 Å². The van der Waals surface area contributed by atoms with Crippen LogP contribution in [0.4, 0.5) is 0 Å². The standard InChI is InChI=1S/C12H24N2O/c1-4-6-10(3)12(15)14(5-2)11-7-8-13-9-11/h10-11,13H,4-9H2,1-3H3. The van der Waals surface area contributed by atoms with E-state index in [4.69, 9.17) is 0 Å². The number of hydrogen-bond donors (Lipinski definition) is 1. The van der Waals surface area contributed by atoms with Gasteiger partial charge in [-0.2, -0.15) is 0 Å². The Hall–Kier alpha value is -0.570. The van der Waals surface area contributed by atoms with Gasteiger partial charge in [-0.15, -0.1) is 0 Å². The van der Waals surface area contributed by atoms with Gasteiger partial charge in [-0.25, -0.2) is 0 Å². The molecule has 0 spiro atoms. The Balaban J connectivity index is 2.52. The third-order valence-corrected chi connectivity index (χ3v) is 3.24. The number of likely N-dealkylation sites (N-methyl/N-ethyl adjacent to an activating group) is 1. The van der Waals surface area contributed by atoms with E-state index in [1.807, 2.05) is 0 Å². The van der Waals surface area contributed by atoms with Crippen molar-refractivity contribution in [3.05, 3.63) is 0 Å². The highest BCUT2D eigenvalue weighted by Crippen LogP contribution is 2.15. The highest BCUT2D eigenvalue weighted by atomic mass is 16.2. The number of hydrogen-bond acceptors (Lipinski definition) is 2. The highest BCUT2D eigenvalue weighted by Gasteiger charge is 2.27. The topological polar surface area (TPSA) is 32.3 Å². The van der Waals surface area contributed by atoms with Gasteiger partial charge in [-0.1, -0.05) is 20.3 Å². The van der Waals surface area contributed by atoms with Gasteiger partial charge < -0.3 is 10.2 Å². The molecule has 2 unspecified atom stereocenters. The summed E-state index contributed by atoms with van der Waals surface area (Å²) in [4.78, 5) is 14.2. The second kappa shape index (κ2) is 6.11. The lowest BCUT2D eigenvalue weighted by Gasteiger charge is -2.29. The van der Waals surface area contributed by atoms with Crippen molar-refractivity contribution >= 4 is 5.91 Å². The molecule has 1 heterocycles. The zero-order valence-electron chi connectivity index (χ0n) is 10.3. The monoisotopic (exact) mass is 212 g/mol. The second-order valence-corrected chi connectivity index (χ2v) is 4.46. The van der Waals surface area contributed by atoms with Crippen LogP contribution in [0.25, 0.3) is 0 Å². The van der Waals surface area contributed by atoms with E-state index >= 15 is 0 Å². The van der Waals surface area contributed by atoms with Crippen LogP contribution in [0.2, 0.25) is 0 Å². The minimum atomic E-state index is 0.190. The van der Waals surface area contributed by atoms with Gasteiger partial charge in [0.05, 0.1) is 0 Å². The van der Waals surface area contributed by atoms with Crippen LogP contribution < -0.4 is 5.32 Å². The summed E-state index contributed by atoms with van der Waals surface area (Å²) in [5, 5.41) is 3.32. The van der Waals surface area contributed by atoms with Gasteiger partial charge in [-0.3, -0.25) is 4.79 Å². The van der Waals surface area contributed by atoms with Gasteiger partial charge >= 0.3 is 0 Å². The van der Waals surface area contributed by atoms with Crippen molar-refractivity contribution in [2.75, 3.05) is 19.6 Å². The lowest BCUT2D eigenvalue weighted by molar-refractivity contribution is -0.137. The van der Waals surface area contributed by atoms with Crippen LogP contribution >= 0.6 is 0 Å². The number of carbonyl (C=O) groups is 1. The summed E-state index contributed by atoms with van der Waals surface area (Å²) >= 11 is 0. The molecule has 0 aliphatic carbocycles. The van der Waals surface area contributed by atoms with Crippen LogP contribution in [-0.2, 0) is 4.79 Å². The van der Waals surface area contributed by atoms with Crippen molar-refractivity contribution in [1.82, 2.24) is 10.2 Å². The maximum atomic E-state index is 12.1. The maximum absolute atomic E-state index is 12.1. The molecule has 1 N–H and O–H groups in total. The molecule has 1 saturated heterocycles. The summed E-state index contributed by atoms with van der Waals surface area (Å²) in [5.74, 6) is 0.531. The molecule has 1 aliphatic rings. The number of nitrogens with one attached hydrogen (secondary N) is 1. The van der Waals surface area contributed by atoms with Gasteiger partial charge in [0.2, 0.25) is 5.91 Å².